The van der Waals surface area contributed by atoms with Gasteiger partial charge in [-0.25, -0.2) is 4.98 Å². The Morgan fingerprint density at radius 1 is 1.33 bits per heavy atom. The van der Waals surface area contributed by atoms with Crippen LogP contribution < -0.4 is 5.32 Å². The van der Waals surface area contributed by atoms with E-state index in [1.165, 1.54) is 0 Å². The van der Waals surface area contributed by atoms with Crippen LogP contribution in [0.3, 0.4) is 0 Å². The third-order valence-electron chi connectivity index (χ3n) is 2.02. The first-order chi connectivity index (χ1) is 7.34. The van der Waals surface area contributed by atoms with E-state index in [2.05, 4.69) is 25.5 Å². The van der Waals surface area contributed by atoms with E-state index < -0.39 is 0 Å². The van der Waals surface area contributed by atoms with Gasteiger partial charge in [0.1, 0.15) is 11.6 Å². The second kappa shape index (κ2) is 4.54. The van der Waals surface area contributed by atoms with Crippen LogP contribution in [0.15, 0.2) is 24.5 Å². The van der Waals surface area contributed by atoms with Gasteiger partial charge in [-0.15, -0.1) is 5.10 Å². The van der Waals surface area contributed by atoms with Crippen LogP contribution in [0.5, 0.6) is 0 Å². The number of nitrogens with one attached hydrogen (secondary N) is 2. The molecule has 0 atom stereocenters. The predicted octanol–water partition coefficient (Wildman–Crippen LogP) is 1.16. The fourth-order valence-corrected chi connectivity index (χ4v) is 1.24. The lowest BCUT2D eigenvalue weighted by Gasteiger charge is -2.02. The quantitative estimate of drug-likeness (QED) is 0.782. The molecule has 2 N–H and O–H groups in total. The van der Waals surface area contributed by atoms with Gasteiger partial charge in [0.25, 0.3) is 0 Å². The molecule has 0 aliphatic heterocycles. The Labute approximate surface area is 88.0 Å². The van der Waals surface area contributed by atoms with Gasteiger partial charge in [-0.3, -0.25) is 0 Å². The van der Waals surface area contributed by atoms with Gasteiger partial charge in [-0.05, 0) is 19.1 Å². The molecule has 0 unspecified atom stereocenters. The lowest BCUT2D eigenvalue weighted by Crippen LogP contribution is -2.07. The summed E-state index contributed by atoms with van der Waals surface area (Å²) in [4.78, 5) is 7.18. The number of H-pyrrole nitrogens is 1. The molecule has 0 aliphatic rings. The van der Waals surface area contributed by atoms with Crippen LogP contribution >= 0.6 is 0 Å². The maximum Gasteiger partial charge on any atom is 0.148 e. The Morgan fingerprint density at radius 3 is 2.93 bits per heavy atom. The summed E-state index contributed by atoms with van der Waals surface area (Å²) >= 11 is 0. The highest BCUT2D eigenvalue weighted by Gasteiger charge is 1.96. The number of rotatable bonds is 4. The van der Waals surface area contributed by atoms with Crippen molar-refractivity contribution in [3.63, 3.8) is 0 Å². The van der Waals surface area contributed by atoms with Crippen molar-refractivity contribution in [3.05, 3.63) is 36.0 Å². The van der Waals surface area contributed by atoms with E-state index in [0.29, 0.717) is 0 Å². The number of aromatic nitrogens is 4. The molecule has 2 aromatic rings. The van der Waals surface area contributed by atoms with E-state index in [4.69, 9.17) is 0 Å². The minimum Gasteiger partial charge on any atom is -0.368 e. The summed E-state index contributed by atoms with van der Waals surface area (Å²) in [6.45, 7) is 2.71. The molecule has 2 rings (SSSR count). The number of nitrogens with zero attached hydrogens (tertiary/aromatic N) is 3. The van der Waals surface area contributed by atoms with E-state index in [1.807, 2.05) is 25.3 Å². The molecule has 0 aliphatic carbocycles. The Hall–Kier alpha value is -1.91. The molecule has 0 aromatic carbocycles. The first kappa shape index (κ1) is 9.64. The van der Waals surface area contributed by atoms with Crippen LogP contribution in [0, 0.1) is 6.92 Å². The summed E-state index contributed by atoms with van der Waals surface area (Å²) in [7, 11) is 0. The third-order valence-corrected chi connectivity index (χ3v) is 2.02. The van der Waals surface area contributed by atoms with Gasteiger partial charge in [-0.2, -0.15) is 5.10 Å². The molecule has 5 nitrogen and oxygen atoms in total. The van der Waals surface area contributed by atoms with E-state index >= 15 is 0 Å². The normalized spacial score (nSPS) is 10.2. The van der Waals surface area contributed by atoms with E-state index in [0.717, 1.165) is 30.3 Å². The maximum absolute atomic E-state index is 4.13. The molecule has 0 bridgehead atoms. The zero-order chi connectivity index (χ0) is 10.5. The lowest BCUT2D eigenvalue weighted by atomic mass is 10.4. The van der Waals surface area contributed by atoms with Gasteiger partial charge >= 0.3 is 0 Å². The highest BCUT2D eigenvalue weighted by Crippen LogP contribution is 2.00. The minimum absolute atomic E-state index is 0.797. The molecule has 78 valence electrons. The molecule has 15 heavy (non-hydrogen) atoms. The molecule has 0 saturated heterocycles. The summed E-state index contributed by atoms with van der Waals surface area (Å²) in [5.74, 6) is 1.77. The smallest absolute Gasteiger partial charge is 0.148 e. The van der Waals surface area contributed by atoms with E-state index in [-0.39, 0.29) is 0 Å². The zero-order valence-electron chi connectivity index (χ0n) is 8.57. The summed E-state index contributed by atoms with van der Waals surface area (Å²) in [6, 6.07) is 3.85. The fourth-order valence-electron chi connectivity index (χ4n) is 1.24. The number of aryl methyl sites for hydroxylation is 1. The minimum atomic E-state index is 0.797. The first-order valence-corrected chi connectivity index (χ1v) is 4.87. The van der Waals surface area contributed by atoms with Gasteiger partial charge in [0.15, 0.2) is 0 Å². The van der Waals surface area contributed by atoms with Crippen molar-refractivity contribution in [1.29, 1.82) is 0 Å². The van der Waals surface area contributed by atoms with Crippen molar-refractivity contribution in [3.8, 4) is 0 Å². The largest absolute Gasteiger partial charge is 0.368 e. The molecular formula is C10H13N5. The van der Waals surface area contributed by atoms with E-state index in [9.17, 15) is 0 Å². The molecule has 5 heteroatoms. The Balaban J connectivity index is 1.81. The highest BCUT2D eigenvalue weighted by molar-refractivity contribution is 5.32. The van der Waals surface area contributed by atoms with Crippen molar-refractivity contribution in [2.75, 3.05) is 11.9 Å². The van der Waals surface area contributed by atoms with Crippen LogP contribution in [0.1, 0.15) is 11.5 Å². The van der Waals surface area contributed by atoms with Crippen LogP contribution in [0.4, 0.5) is 5.82 Å². The van der Waals surface area contributed by atoms with Gasteiger partial charge in [0, 0.05) is 25.4 Å². The molecule has 0 spiro atoms. The average molecular weight is 203 g/mol. The lowest BCUT2D eigenvalue weighted by molar-refractivity contribution is 0.903. The number of hydrogen-bond acceptors (Lipinski definition) is 4. The topological polar surface area (TPSA) is 66.5 Å². The first-order valence-electron chi connectivity index (χ1n) is 4.87. The van der Waals surface area contributed by atoms with Crippen LogP contribution in [0.25, 0.3) is 0 Å². The standard InChI is InChI=1S/C10H13N5/c1-8-2-3-10(15-14-8)11-5-4-9-12-6-7-13-9/h2-3,6-7H,4-5H2,1H3,(H,11,15)(H,12,13). The van der Waals surface area contributed by atoms with Gasteiger partial charge in [0.05, 0.1) is 5.69 Å². The average Bonchev–Trinajstić information content (AvgIpc) is 2.74. The van der Waals surface area contributed by atoms with Crippen molar-refractivity contribution in [2.24, 2.45) is 0 Å². The molecule has 2 aromatic heterocycles. The number of hydrogen-bond donors (Lipinski definition) is 2. The third kappa shape index (κ3) is 2.77. The van der Waals surface area contributed by atoms with Crippen molar-refractivity contribution < 1.29 is 0 Å². The molecule has 0 fully saturated rings. The second-order valence-electron chi connectivity index (χ2n) is 3.27. The summed E-state index contributed by atoms with van der Waals surface area (Å²) in [5, 5.41) is 11.1. The van der Waals surface area contributed by atoms with Crippen LogP contribution in [-0.4, -0.2) is 26.7 Å². The van der Waals surface area contributed by atoms with Crippen molar-refractivity contribution in [1.82, 2.24) is 20.2 Å². The van der Waals surface area contributed by atoms with Crippen molar-refractivity contribution >= 4 is 5.82 Å². The SMILES string of the molecule is Cc1ccc(NCCc2ncc[nH]2)nn1. The molecule has 0 radical (unpaired) electrons. The van der Waals surface area contributed by atoms with E-state index in [1.54, 1.807) is 6.20 Å². The van der Waals surface area contributed by atoms with Crippen molar-refractivity contribution in [2.45, 2.75) is 13.3 Å². The summed E-state index contributed by atoms with van der Waals surface area (Å²) < 4.78 is 0. The van der Waals surface area contributed by atoms with Gasteiger partial charge in [-0.1, -0.05) is 0 Å². The van der Waals surface area contributed by atoms with Gasteiger partial charge < -0.3 is 10.3 Å². The fraction of sp³-hybridized carbons (Fsp3) is 0.300. The molecule has 2 heterocycles. The molecule has 0 amide bonds. The number of imidazole rings is 1. The van der Waals surface area contributed by atoms with Crippen LogP contribution in [0.2, 0.25) is 0 Å². The number of anilines is 1. The molecule has 0 saturated carbocycles. The Bertz CT molecular complexity index is 392. The Kier molecular flexibility index (Phi) is 2.92. The highest BCUT2D eigenvalue weighted by atomic mass is 15.2. The number of aromatic amines is 1. The predicted molar refractivity (Wildman–Crippen MR) is 57.6 cm³/mol. The zero-order valence-corrected chi connectivity index (χ0v) is 8.57. The monoisotopic (exact) mass is 203 g/mol. The summed E-state index contributed by atoms with van der Waals surface area (Å²) in [5.41, 5.74) is 0.923. The molecular weight excluding hydrogens is 190 g/mol. The Morgan fingerprint density at radius 2 is 2.27 bits per heavy atom. The summed E-state index contributed by atoms with van der Waals surface area (Å²) in [6.07, 6.45) is 4.42. The second-order valence-corrected chi connectivity index (χ2v) is 3.27. The van der Waals surface area contributed by atoms with Crippen LogP contribution in [-0.2, 0) is 6.42 Å². The maximum atomic E-state index is 4.13. The van der Waals surface area contributed by atoms with Gasteiger partial charge in [0.2, 0.25) is 0 Å².